The van der Waals surface area contributed by atoms with E-state index in [0.717, 1.165) is 38.4 Å². The lowest BCUT2D eigenvalue weighted by atomic mass is 10.0. The maximum atomic E-state index is 9.39. The summed E-state index contributed by atoms with van der Waals surface area (Å²) >= 11 is 0. The van der Waals surface area contributed by atoms with E-state index in [1.807, 2.05) is 0 Å². The molecule has 4 heteroatoms. The highest BCUT2D eigenvalue weighted by Crippen LogP contribution is 2.38. The fraction of sp³-hybridized carbons (Fsp3) is 0.647. The van der Waals surface area contributed by atoms with Crippen molar-refractivity contribution in [3.05, 3.63) is 29.3 Å². The maximum Gasteiger partial charge on any atom is 0.127 e. The van der Waals surface area contributed by atoms with Gasteiger partial charge in [0.25, 0.3) is 0 Å². The second-order valence-electron chi connectivity index (χ2n) is 6.80. The van der Waals surface area contributed by atoms with E-state index in [9.17, 15) is 5.11 Å². The Morgan fingerprint density at radius 3 is 3.05 bits per heavy atom. The van der Waals surface area contributed by atoms with Gasteiger partial charge in [0.2, 0.25) is 0 Å². The number of fused-ring (bicyclic) bond motifs is 1. The third-order valence-corrected chi connectivity index (χ3v) is 4.25. The summed E-state index contributed by atoms with van der Waals surface area (Å²) in [6, 6.07) is 6.44. The molecule has 0 aromatic heterocycles. The largest absolute Gasteiger partial charge is 0.487 e. The van der Waals surface area contributed by atoms with Crippen molar-refractivity contribution in [1.29, 1.82) is 0 Å². The van der Waals surface area contributed by atoms with Crippen LogP contribution in [0.1, 0.15) is 25.0 Å². The fourth-order valence-electron chi connectivity index (χ4n) is 3.25. The zero-order chi connectivity index (χ0) is 14.9. The summed E-state index contributed by atoms with van der Waals surface area (Å²) in [7, 11) is 0. The van der Waals surface area contributed by atoms with Gasteiger partial charge in [-0.05, 0) is 19.4 Å². The molecule has 4 nitrogen and oxygen atoms in total. The van der Waals surface area contributed by atoms with Crippen LogP contribution >= 0.6 is 0 Å². The SMILES string of the molecule is CC1(C)Cc2cccc(CN3CCOC[C@@H](CO)C3)c2O1. The summed E-state index contributed by atoms with van der Waals surface area (Å²) in [5.74, 6) is 1.27. The highest BCUT2D eigenvalue weighted by molar-refractivity contribution is 5.45. The monoisotopic (exact) mass is 291 g/mol. The quantitative estimate of drug-likeness (QED) is 0.923. The van der Waals surface area contributed by atoms with E-state index in [1.165, 1.54) is 11.1 Å². The minimum Gasteiger partial charge on any atom is -0.487 e. The molecule has 0 aliphatic carbocycles. The maximum absolute atomic E-state index is 9.39. The second kappa shape index (κ2) is 5.95. The van der Waals surface area contributed by atoms with Crippen LogP contribution in [0.4, 0.5) is 0 Å². The van der Waals surface area contributed by atoms with Gasteiger partial charge in [0.15, 0.2) is 0 Å². The van der Waals surface area contributed by atoms with Gasteiger partial charge in [0.05, 0.1) is 13.2 Å². The standard InChI is InChI=1S/C17H25NO3/c1-17(2)8-14-4-3-5-15(16(14)21-17)10-18-6-7-20-12-13(9-18)11-19/h3-5,13,19H,6-12H2,1-2H3/t13-/m1/s1. The van der Waals surface area contributed by atoms with Gasteiger partial charge < -0.3 is 14.6 Å². The molecule has 1 fully saturated rings. The molecule has 0 unspecified atom stereocenters. The number of hydrogen-bond acceptors (Lipinski definition) is 4. The number of aliphatic hydroxyl groups is 1. The summed E-state index contributed by atoms with van der Waals surface area (Å²) in [5.41, 5.74) is 2.45. The van der Waals surface area contributed by atoms with Crippen molar-refractivity contribution in [2.45, 2.75) is 32.4 Å². The van der Waals surface area contributed by atoms with Crippen molar-refractivity contribution in [2.24, 2.45) is 5.92 Å². The number of hydrogen-bond donors (Lipinski definition) is 1. The first-order valence-electron chi connectivity index (χ1n) is 7.78. The molecule has 0 saturated carbocycles. The average molecular weight is 291 g/mol. The number of nitrogens with zero attached hydrogens (tertiary/aromatic N) is 1. The summed E-state index contributed by atoms with van der Waals surface area (Å²) in [4.78, 5) is 2.36. The van der Waals surface area contributed by atoms with E-state index in [1.54, 1.807) is 0 Å². The molecule has 2 aliphatic rings. The minimum atomic E-state index is -0.103. The number of ether oxygens (including phenoxy) is 2. The third-order valence-electron chi connectivity index (χ3n) is 4.25. The lowest BCUT2D eigenvalue weighted by molar-refractivity contribution is 0.0958. The molecule has 0 amide bonds. The van der Waals surface area contributed by atoms with Crippen LogP contribution in [0.3, 0.4) is 0 Å². The van der Waals surface area contributed by atoms with Crippen LogP contribution in [0.25, 0.3) is 0 Å². The molecule has 0 bridgehead atoms. The van der Waals surface area contributed by atoms with Gasteiger partial charge in [-0.25, -0.2) is 0 Å². The molecular formula is C17H25NO3. The minimum absolute atomic E-state index is 0.103. The van der Waals surface area contributed by atoms with Crippen LogP contribution in [-0.2, 0) is 17.7 Å². The van der Waals surface area contributed by atoms with Gasteiger partial charge in [-0.1, -0.05) is 18.2 Å². The molecule has 116 valence electrons. The van der Waals surface area contributed by atoms with Crippen molar-refractivity contribution in [1.82, 2.24) is 4.90 Å². The van der Waals surface area contributed by atoms with Crippen LogP contribution in [0.5, 0.6) is 5.75 Å². The molecule has 0 spiro atoms. The van der Waals surface area contributed by atoms with Crippen LogP contribution < -0.4 is 4.74 Å². The molecule has 1 atom stereocenters. The van der Waals surface area contributed by atoms with Crippen molar-refractivity contribution in [3.8, 4) is 5.75 Å². The summed E-state index contributed by atoms with van der Waals surface area (Å²) in [6.07, 6.45) is 0.971. The highest BCUT2D eigenvalue weighted by Gasteiger charge is 2.32. The molecule has 21 heavy (non-hydrogen) atoms. The average Bonchev–Trinajstić information content (AvgIpc) is 2.62. The van der Waals surface area contributed by atoms with Crippen molar-refractivity contribution in [3.63, 3.8) is 0 Å². The summed E-state index contributed by atoms with van der Waals surface area (Å²) < 4.78 is 11.7. The first-order valence-corrected chi connectivity index (χ1v) is 7.78. The Morgan fingerprint density at radius 1 is 1.38 bits per heavy atom. The Labute approximate surface area is 126 Å². The van der Waals surface area contributed by atoms with E-state index in [4.69, 9.17) is 9.47 Å². The molecule has 1 aromatic rings. The van der Waals surface area contributed by atoms with Crippen molar-refractivity contribution in [2.75, 3.05) is 32.9 Å². The lowest BCUT2D eigenvalue weighted by Crippen LogP contribution is -2.31. The van der Waals surface area contributed by atoms with E-state index in [-0.39, 0.29) is 18.1 Å². The molecule has 2 aliphatic heterocycles. The number of para-hydroxylation sites is 1. The summed E-state index contributed by atoms with van der Waals surface area (Å²) in [6.45, 7) is 8.50. The Balaban J connectivity index is 1.75. The molecule has 1 saturated heterocycles. The van der Waals surface area contributed by atoms with Crippen molar-refractivity contribution >= 4 is 0 Å². The Kier molecular flexibility index (Phi) is 4.20. The molecule has 2 heterocycles. The highest BCUT2D eigenvalue weighted by atomic mass is 16.5. The van der Waals surface area contributed by atoms with E-state index < -0.39 is 0 Å². The van der Waals surface area contributed by atoms with E-state index >= 15 is 0 Å². The predicted octanol–water partition coefficient (Wildman–Crippen LogP) is 1.84. The van der Waals surface area contributed by atoms with Crippen molar-refractivity contribution < 1.29 is 14.6 Å². The molecular weight excluding hydrogens is 266 g/mol. The molecule has 0 radical (unpaired) electrons. The van der Waals surface area contributed by atoms with Gasteiger partial charge in [0.1, 0.15) is 11.4 Å². The van der Waals surface area contributed by atoms with Gasteiger partial charge in [0, 0.05) is 44.1 Å². The third kappa shape index (κ3) is 3.39. The van der Waals surface area contributed by atoms with Crippen LogP contribution in [-0.4, -0.2) is 48.5 Å². The smallest absolute Gasteiger partial charge is 0.127 e. The normalized spacial score (nSPS) is 25.2. The Hall–Kier alpha value is -1.10. The first-order chi connectivity index (χ1) is 10.1. The lowest BCUT2D eigenvalue weighted by Gasteiger charge is -2.24. The Morgan fingerprint density at radius 2 is 2.24 bits per heavy atom. The van der Waals surface area contributed by atoms with E-state index in [2.05, 4.69) is 36.9 Å². The topological polar surface area (TPSA) is 41.9 Å². The molecule has 1 aromatic carbocycles. The van der Waals surface area contributed by atoms with E-state index in [0.29, 0.717) is 6.61 Å². The number of benzene rings is 1. The van der Waals surface area contributed by atoms with Gasteiger partial charge in [-0.3, -0.25) is 4.90 Å². The number of rotatable bonds is 3. The predicted molar refractivity (Wildman–Crippen MR) is 81.5 cm³/mol. The Bertz CT molecular complexity index is 501. The molecule has 3 rings (SSSR count). The van der Waals surface area contributed by atoms with Gasteiger partial charge in [-0.2, -0.15) is 0 Å². The van der Waals surface area contributed by atoms with Crippen LogP contribution in [0, 0.1) is 5.92 Å². The zero-order valence-corrected chi connectivity index (χ0v) is 13.0. The number of aliphatic hydroxyl groups excluding tert-OH is 1. The van der Waals surface area contributed by atoms with Crippen LogP contribution in [0.15, 0.2) is 18.2 Å². The van der Waals surface area contributed by atoms with Crippen LogP contribution in [0.2, 0.25) is 0 Å². The zero-order valence-electron chi connectivity index (χ0n) is 13.0. The van der Waals surface area contributed by atoms with Gasteiger partial charge >= 0.3 is 0 Å². The second-order valence-corrected chi connectivity index (χ2v) is 6.80. The molecule has 1 N–H and O–H groups in total. The summed E-state index contributed by atoms with van der Waals surface area (Å²) in [5, 5.41) is 9.39. The fourth-order valence-corrected chi connectivity index (χ4v) is 3.25. The first kappa shape index (κ1) is 14.8. The van der Waals surface area contributed by atoms with Gasteiger partial charge in [-0.15, -0.1) is 0 Å².